The molecule has 1 saturated heterocycles. The molecule has 3 aromatic rings. The van der Waals surface area contributed by atoms with Crippen LogP contribution in [-0.4, -0.2) is 10.2 Å². The molecule has 156 valence electrons. The lowest BCUT2D eigenvalue weighted by molar-refractivity contribution is -0.113. The minimum Gasteiger partial charge on any atom is -0.488 e. The molecule has 0 N–H and O–H groups in total. The summed E-state index contributed by atoms with van der Waals surface area (Å²) in [7, 11) is 0. The number of benzene rings is 3. The van der Waals surface area contributed by atoms with Gasteiger partial charge in [-0.05, 0) is 70.6 Å². The van der Waals surface area contributed by atoms with Gasteiger partial charge in [0.2, 0.25) is 0 Å². The van der Waals surface area contributed by atoms with E-state index in [0.717, 1.165) is 26.1 Å². The number of thioether (sulfide) groups is 1. The van der Waals surface area contributed by atoms with Gasteiger partial charge in [-0.2, -0.15) is 0 Å². The minimum absolute atomic E-state index is 0.117. The predicted octanol–water partition coefficient (Wildman–Crippen LogP) is 7.58. The van der Waals surface area contributed by atoms with Gasteiger partial charge in [0.1, 0.15) is 12.4 Å². The van der Waals surface area contributed by atoms with Crippen LogP contribution in [-0.2, 0) is 11.4 Å². The molecular weight excluding hydrogens is 584 g/mol. The lowest BCUT2D eigenvalue weighted by Gasteiger charge is -2.13. The van der Waals surface area contributed by atoms with Gasteiger partial charge in [0, 0.05) is 15.6 Å². The molecule has 1 aliphatic heterocycles. The lowest BCUT2D eigenvalue weighted by Crippen LogP contribution is -2.27. The molecule has 0 atom stereocenters. The van der Waals surface area contributed by atoms with Gasteiger partial charge >= 0.3 is 0 Å². The zero-order valence-corrected chi connectivity index (χ0v) is 21.2. The van der Waals surface area contributed by atoms with Crippen molar-refractivity contribution in [3.8, 4) is 5.75 Å². The van der Waals surface area contributed by atoms with Crippen molar-refractivity contribution in [2.75, 3.05) is 4.90 Å². The van der Waals surface area contributed by atoms with E-state index in [4.69, 9.17) is 40.2 Å². The minimum atomic E-state index is -0.117. The van der Waals surface area contributed by atoms with E-state index in [1.807, 2.05) is 60.7 Å². The third-order valence-electron chi connectivity index (χ3n) is 4.46. The molecule has 0 aromatic heterocycles. The summed E-state index contributed by atoms with van der Waals surface area (Å²) in [5, 5.41) is 1.16. The van der Waals surface area contributed by atoms with Gasteiger partial charge in [-0.3, -0.25) is 9.69 Å². The number of para-hydroxylation sites is 1. The fourth-order valence-corrected chi connectivity index (χ4v) is 5.39. The number of rotatable bonds is 5. The molecule has 1 fully saturated rings. The number of thiocarbonyl (C=S) groups is 1. The molecule has 4 rings (SSSR count). The summed E-state index contributed by atoms with van der Waals surface area (Å²) in [6.45, 7) is 0.334. The average molecular weight is 598 g/mol. The van der Waals surface area contributed by atoms with Crippen molar-refractivity contribution in [1.29, 1.82) is 0 Å². The molecule has 0 unspecified atom stereocenters. The van der Waals surface area contributed by atoms with Crippen LogP contribution in [0.5, 0.6) is 5.75 Å². The Balaban J connectivity index is 1.50. The number of carbonyl (C=O) groups is 1. The van der Waals surface area contributed by atoms with Crippen LogP contribution in [0.25, 0.3) is 6.08 Å². The van der Waals surface area contributed by atoms with Crippen LogP contribution in [0.4, 0.5) is 5.69 Å². The average Bonchev–Trinajstić information content (AvgIpc) is 3.02. The van der Waals surface area contributed by atoms with Gasteiger partial charge < -0.3 is 4.74 Å². The number of hydrogen-bond acceptors (Lipinski definition) is 4. The Bertz CT molecular complexity index is 1200. The van der Waals surface area contributed by atoms with Crippen molar-refractivity contribution in [3.05, 3.63) is 96.4 Å². The van der Waals surface area contributed by atoms with Gasteiger partial charge in [-0.15, -0.1) is 0 Å². The summed E-state index contributed by atoms with van der Waals surface area (Å²) >= 11 is 21.1. The highest BCUT2D eigenvalue weighted by molar-refractivity contribution is 14.1. The summed E-state index contributed by atoms with van der Waals surface area (Å²) in [5.74, 6) is 0.620. The zero-order valence-electron chi connectivity index (χ0n) is 15.8. The van der Waals surface area contributed by atoms with E-state index in [0.29, 0.717) is 25.9 Å². The highest BCUT2D eigenvalue weighted by Gasteiger charge is 2.33. The molecule has 3 nitrogen and oxygen atoms in total. The molecule has 1 aliphatic rings. The first kappa shape index (κ1) is 22.6. The molecule has 3 aromatic carbocycles. The van der Waals surface area contributed by atoms with Gasteiger partial charge in [0.05, 0.1) is 14.2 Å². The highest BCUT2D eigenvalue weighted by atomic mass is 127. The number of ether oxygens (including phenoxy) is 1. The SMILES string of the molecule is O=C1/C(=C\c2ccc(OCc3ccc(Cl)cc3Cl)c(I)c2)SC(=S)N1c1ccccc1. The van der Waals surface area contributed by atoms with E-state index < -0.39 is 0 Å². The van der Waals surface area contributed by atoms with Crippen LogP contribution in [0.15, 0.2) is 71.6 Å². The second-order valence-electron chi connectivity index (χ2n) is 6.57. The topological polar surface area (TPSA) is 29.5 Å². The molecule has 0 radical (unpaired) electrons. The summed E-state index contributed by atoms with van der Waals surface area (Å²) in [6, 6.07) is 20.5. The van der Waals surface area contributed by atoms with Crippen LogP contribution >= 0.6 is 69.8 Å². The monoisotopic (exact) mass is 597 g/mol. The van der Waals surface area contributed by atoms with E-state index in [9.17, 15) is 4.79 Å². The normalized spacial score (nSPS) is 15.1. The maximum Gasteiger partial charge on any atom is 0.270 e. The van der Waals surface area contributed by atoms with Crippen LogP contribution in [0.1, 0.15) is 11.1 Å². The number of halogens is 3. The Hall–Kier alpha value is -1.58. The van der Waals surface area contributed by atoms with Crippen LogP contribution < -0.4 is 9.64 Å². The van der Waals surface area contributed by atoms with Gasteiger partial charge in [-0.25, -0.2) is 0 Å². The molecule has 0 aliphatic carbocycles. The first-order valence-electron chi connectivity index (χ1n) is 9.11. The van der Waals surface area contributed by atoms with E-state index in [1.165, 1.54) is 11.8 Å². The van der Waals surface area contributed by atoms with E-state index >= 15 is 0 Å². The standard InChI is InChI=1S/C23H14Cl2INO2S2/c24-16-8-7-15(18(25)12-16)13-29-20-9-6-14(10-19(20)26)11-21-22(28)27(23(30)31-21)17-4-2-1-3-5-17/h1-12H,13H2/b21-11+. The fourth-order valence-electron chi connectivity index (χ4n) is 2.94. The van der Waals surface area contributed by atoms with Crippen molar-refractivity contribution in [3.63, 3.8) is 0 Å². The van der Waals surface area contributed by atoms with Gasteiger partial charge in [0.15, 0.2) is 4.32 Å². The Kier molecular flexibility index (Phi) is 7.23. The van der Waals surface area contributed by atoms with Crippen molar-refractivity contribution in [2.24, 2.45) is 0 Å². The maximum absolute atomic E-state index is 12.9. The summed E-state index contributed by atoms with van der Waals surface area (Å²) in [5.41, 5.74) is 2.53. The van der Waals surface area contributed by atoms with E-state index in [-0.39, 0.29) is 5.91 Å². The molecule has 8 heteroatoms. The van der Waals surface area contributed by atoms with Crippen molar-refractivity contribution >= 4 is 91.8 Å². The number of carbonyl (C=O) groups excluding carboxylic acids is 1. The fraction of sp³-hybridized carbons (Fsp3) is 0.0435. The van der Waals surface area contributed by atoms with Crippen molar-refractivity contribution < 1.29 is 9.53 Å². The second kappa shape index (κ2) is 9.92. The van der Waals surface area contributed by atoms with Gasteiger partial charge in [0.25, 0.3) is 5.91 Å². The Labute approximate surface area is 213 Å². The molecule has 0 spiro atoms. The van der Waals surface area contributed by atoms with E-state index in [1.54, 1.807) is 17.0 Å². The molecule has 0 saturated carbocycles. The third-order valence-corrected chi connectivity index (χ3v) is 7.19. The quantitative estimate of drug-likeness (QED) is 0.172. The molecule has 31 heavy (non-hydrogen) atoms. The number of amides is 1. The van der Waals surface area contributed by atoms with Crippen LogP contribution in [0.2, 0.25) is 10.0 Å². The molecule has 0 bridgehead atoms. The van der Waals surface area contributed by atoms with E-state index in [2.05, 4.69) is 22.6 Å². The summed E-state index contributed by atoms with van der Waals surface area (Å²) in [4.78, 5) is 15.0. The first-order chi connectivity index (χ1) is 14.9. The zero-order chi connectivity index (χ0) is 22.0. The largest absolute Gasteiger partial charge is 0.488 e. The Morgan fingerprint density at radius 3 is 2.55 bits per heavy atom. The summed E-state index contributed by atoms with van der Waals surface area (Å²) in [6.07, 6.45) is 1.85. The van der Waals surface area contributed by atoms with Crippen LogP contribution in [0.3, 0.4) is 0 Å². The number of hydrogen-bond donors (Lipinski definition) is 0. The molecule has 1 heterocycles. The highest BCUT2D eigenvalue weighted by Crippen LogP contribution is 2.36. The Morgan fingerprint density at radius 2 is 1.84 bits per heavy atom. The van der Waals surface area contributed by atoms with Crippen molar-refractivity contribution in [2.45, 2.75) is 6.61 Å². The van der Waals surface area contributed by atoms with Crippen LogP contribution in [0, 0.1) is 3.57 Å². The smallest absolute Gasteiger partial charge is 0.270 e. The van der Waals surface area contributed by atoms with Gasteiger partial charge in [-0.1, -0.05) is 77.5 Å². The molecule has 1 amide bonds. The maximum atomic E-state index is 12.9. The lowest BCUT2D eigenvalue weighted by atomic mass is 10.2. The third kappa shape index (κ3) is 5.26. The number of anilines is 1. The Morgan fingerprint density at radius 1 is 1.06 bits per heavy atom. The van der Waals surface area contributed by atoms with Crippen molar-refractivity contribution in [1.82, 2.24) is 0 Å². The number of nitrogens with zero attached hydrogens (tertiary/aromatic N) is 1. The second-order valence-corrected chi connectivity index (χ2v) is 10.2. The predicted molar refractivity (Wildman–Crippen MR) is 142 cm³/mol. The molecular formula is C23H14Cl2INO2S2. The first-order valence-corrected chi connectivity index (χ1v) is 12.2. The summed E-state index contributed by atoms with van der Waals surface area (Å²) < 4.78 is 7.38.